The molecule has 5 N–H and O–H groups in total. The van der Waals surface area contributed by atoms with E-state index < -0.39 is 28.1 Å². The van der Waals surface area contributed by atoms with E-state index in [0.29, 0.717) is 37.5 Å². The lowest BCUT2D eigenvalue weighted by Gasteiger charge is -2.63. The van der Waals surface area contributed by atoms with Crippen molar-refractivity contribution in [1.29, 1.82) is 0 Å². The Morgan fingerprint density at radius 3 is 2.46 bits per heavy atom. The number of rotatable bonds is 7. The Bertz CT molecular complexity index is 896. The van der Waals surface area contributed by atoms with Gasteiger partial charge in [-0.05, 0) is 97.7 Å². The molecular formula is C26H45NO7S. The first-order chi connectivity index (χ1) is 16.3. The van der Waals surface area contributed by atoms with Crippen LogP contribution in [0.25, 0.3) is 0 Å². The van der Waals surface area contributed by atoms with E-state index >= 15 is 0 Å². The second kappa shape index (κ2) is 9.86. The van der Waals surface area contributed by atoms with Crippen LogP contribution in [0.5, 0.6) is 0 Å². The van der Waals surface area contributed by atoms with Crippen LogP contribution in [-0.4, -0.2) is 64.8 Å². The standard InChI is InChI=1S/C26H45NO7S/c1-15(4-7-22(31)27-10-11-35(32,33)34)18-5-6-19-23-20(29)13-16-12-17(28)8-9-25(16,2)24(23)21(30)14-26(18,19)3/h15-21,23-24,28-30H,4-14H2,1-3H3,(H,27,31)(H,32,33,34). The number of aliphatic hydroxyl groups excluding tert-OH is 3. The maximum atomic E-state index is 12.2. The topological polar surface area (TPSA) is 144 Å². The molecule has 8 nitrogen and oxygen atoms in total. The highest BCUT2D eigenvalue weighted by atomic mass is 32.2. The van der Waals surface area contributed by atoms with Crippen LogP contribution < -0.4 is 5.32 Å². The number of amides is 1. The number of hydrogen-bond donors (Lipinski definition) is 5. The number of carbonyl (C=O) groups is 1. The lowest BCUT2D eigenvalue weighted by molar-refractivity contribution is -0.213. The first kappa shape index (κ1) is 27.3. The van der Waals surface area contributed by atoms with Crippen LogP contribution in [0.3, 0.4) is 0 Å². The third-order valence-corrected chi connectivity index (χ3v) is 11.6. The molecule has 35 heavy (non-hydrogen) atoms. The maximum absolute atomic E-state index is 12.2. The van der Waals surface area contributed by atoms with Crippen molar-refractivity contribution in [2.45, 2.75) is 96.9 Å². The molecule has 0 aromatic heterocycles. The number of hydrogen-bond acceptors (Lipinski definition) is 6. The van der Waals surface area contributed by atoms with Gasteiger partial charge in [0.25, 0.3) is 10.1 Å². The summed E-state index contributed by atoms with van der Waals surface area (Å²) in [5, 5.41) is 35.8. The number of aliphatic hydroxyl groups is 3. The minimum absolute atomic E-state index is 0.0479. The molecule has 0 saturated heterocycles. The van der Waals surface area contributed by atoms with Crippen molar-refractivity contribution < 1.29 is 33.1 Å². The van der Waals surface area contributed by atoms with Crippen LogP contribution in [0, 0.1) is 46.3 Å². The second-order valence-electron chi connectivity index (χ2n) is 12.8. The molecule has 4 aliphatic carbocycles. The molecule has 4 saturated carbocycles. The second-order valence-corrected chi connectivity index (χ2v) is 14.3. The number of carbonyl (C=O) groups excluding carboxylic acids is 1. The summed E-state index contributed by atoms with van der Waals surface area (Å²) in [7, 11) is -4.09. The van der Waals surface area contributed by atoms with Crippen molar-refractivity contribution in [3.63, 3.8) is 0 Å². The summed E-state index contributed by atoms with van der Waals surface area (Å²) in [5.74, 6) is 0.618. The maximum Gasteiger partial charge on any atom is 0.266 e. The Kier molecular flexibility index (Phi) is 7.69. The first-order valence-corrected chi connectivity index (χ1v) is 15.1. The predicted molar refractivity (Wildman–Crippen MR) is 132 cm³/mol. The van der Waals surface area contributed by atoms with Gasteiger partial charge in [0.1, 0.15) is 0 Å². The summed E-state index contributed by atoms with van der Waals surface area (Å²) in [4.78, 5) is 12.2. The van der Waals surface area contributed by atoms with Crippen LogP contribution >= 0.6 is 0 Å². The number of fused-ring (bicyclic) bond motifs is 5. The molecule has 0 aromatic carbocycles. The van der Waals surface area contributed by atoms with Gasteiger partial charge < -0.3 is 20.6 Å². The zero-order valence-corrected chi connectivity index (χ0v) is 22.2. The molecule has 0 bridgehead atoms. The summed E-state index contributed by atoms with van der Waals surface area (Å²) < 4.78 is 30.5. The Morgan fingerprint density at radius 2 is 1.77 bits per heavy atom. The smallest absolute Gasteiger partial charge is 0.266 e. The number of nitrogens with one attached hydrogen (secondary N) is 1. The van der Waals surface area contributed by atoms with Gasteiger partial charge >= 0.3 is 0 Å². The quantitative estimate of drug-likeness (QED) is 0.327. The predicted octanol–water partition coefficient (Wildman–Crippen LogP) is 2.37. The molecule has 0 aromatic rings. The van der Waals surface area contributed by atoms with E-state index in [1.807, 2.05) is 0 Å². The lowest BCUT2D eigenvalue weighted by atomic mass is 9.43. The van der Waals surface area contributed by atoms with E-state index in [4.69, 9.17) is 4.55 Å². The Labute approximate surface area is 210 Å². The highest BCUT2D eigenvalue weighted by Crippen LogP contribution is 2.68. The lowest BCUT2D eigenvalue weighted by Crippen LogP contribution is -2.63. The van der Waals surface area contributed by atoms with Gasteiger partial charge in [0.2, 0.25) is 5.91 Å². The summed E-state index contributed by atoms with van der Waals surface area (Å²) in [6.45, 7) is 6.64. The largest absolute Gasteiger partial charge is 0.393 e. The van der Waals surface area contributed by atoms with E-state index in [1.54, 1.807) is 0 Å². The SMILES string of the molecule is CC(CCC(=O)NCCS(=O)(=O)O)C1CCC2C3C(O)CC4CC(O)CCC4(C)C3C(O)CC12C. The molecular weight excluding hydrogens is 470 g/mol. The minimum atomic E-state index is -4.09. The van der Waals surface area contributed by atoms with Gasteiger partial charge in [0, 0.05) is 13.0 Å². The Hall–Kier alpha value is -0.740. The third-order valence-electron chi connectivity index (χ3n) is 10.9. The summed E-state index contributed by atoms with van der Waals surface area (Å²) >= 11 is 0. The van der Waals surface area contributed by atoms with Gasteiger partial charge in [-0.2, -0.15) is 8.42 Å². The highest BCUT2D eigenvalue weighted by molar-refractivity contribution is 7.85. The highest BCUT2D eigenvalue weighted by Gasteiger charge is 2.65. The summed E-state index contributed by atoms with van der Waals surface area (Å²) in [6.07, 6.45) is 5.60. The fourth-order valence-corrected chi connectivity index (χ4v) is 9.61. The van der Waals surface area contributed by atoms with E-state index in [9.17, 15) is 28.5 Å². The molecule has 0 aliphatic heterocycles. The van der Waals surface area contributed by atoms with Crippen molar-refractivity contribution in [1.82, 2.24) is 5.32 Å². The van der Waals surface area contributed by atoms with Gasteiger partial charge in [0.15, 0.2) is 0 Å². The summed E-state index contributed by atoms with van der Waals surface area (Å²) in [6, 6.07) is 0. The average molecular weight is 516 g/mol. The molecule has 0 heterocycles. The third kappa shape index (κ3) is 5.17. The van der Waals surface area contributed by atoms with E-state index in [0.717, 1.165) is 32.1 Å². The molecule has 202 valence electrons. The molecule has 11 atom stereocenters. The van der Waals surface area contributed by atoms with Crippen LogP contribution in [0.2, 0.25) is 0 Å². The van der Waals surface area contributed by atoms with Crippen molar-refractivity contribution in [2.24, 2.45) is 46.3 Å². The molecule has 0 spiro atoms. The van der Waals surface area contributed by atoms with Gasteiger partial charge in [-0.25, -0.2) is 0 Å². The molecule has 4 fully saturated rings. The molecule has 11 unspecified atom stereocenters. The fourth-order valence-electron chi connectivity index (χ4n) is 9.25. The minimum Gasteiger partial charge on any atom is -0.393 e. The van der Waals surface area contributed by atoms with Crippen LogP contribution in [0.15, 0.2) is 0 Å². The fraction of sp³-hybridized carbons (Fsp3) is 0.962. The summed E-state index contributed by atoms with van der Waals surface area (Å²) in [5.41, 5.74) is -0.145. The molecule has 0 radical (unpaired) electrons. The zero-order valence-electron chi connectivity index (χ0n) is 21.4. The average Bonchev–Trinajstić information content (AvgIpc) is 3.08. The molecule has 4 rings (SSSR count). The zero-order chi connectivity index (χ0) is 25.8. The van der Waals surface area contributed by atoms with Crippen molar-refractivity contribution >= 4 is 16.0 Å². The van der Waals surface area contributed by atoms with Crippen LogP contribution in [0.1, 0.15) is 78.6 Å². The van der Waals surface area contributed by atoms with Gasteiger partial charge in [0.05, 0.1) is 24.1 Å². The van der Waals surface area contributed by atoms with Crippen molar-refractivity contribution in [3.8, 4) is 0 Å². The van der Waals surface area contributed by atoms with E-state index in [2.05, 4.69) is 26.1 Å². The van der Waals surface area contributed by atoms with Crippen LogP contribution in [-0.2, 0) is 14.9 Å². The molecule has 4 aliphatic rings. The monoisotopic (exact) mass is 515 g/mol. The van der Waals surface area contributed by atoms with E-state index in [-0.39, 0.29) is 53.1 Å². The Balaban J connectivity index is 1.43. The van der Waals surface area contributed by atoms with Crippen molar-refractivity contribution in [2.75, 3.05) is 12.3 Å². The van der Waals surface area contributed by atoms with Gasteiger partial charge in [-0.15, -0.1) is 0 Å². The van der Waals surface area contributed by atoms with Crippen LogP contribution in [0.4, 0.5) is 0 Å². The molecule has 1 amide bonds. The normalized spacial score (nSPS) is 46.3. The van der Waals surface area contributed by atoms with Gasteiger partial charge in [-0.1, -0.05) is 20.8 Å². The van der Waals surface area contributed by atoms with Gasteiger partial charge in [-0.3, -0.25) is 9.35 Å². The van der Waals surface area contributed by atoms with Crippen molar-refractivity contribution in [3.05, 3.63) is 0 Å². The Morgan fingerprint density at radius 1 is 1.06 bits per heavy atom. The first-order valence-electron chi connectivity index (χ1n) is 13.5. The van der Waals surface area contributed by atoms with E-state index in [1.165, 1.54) is 0 Å². The molecule has 9 heteroatoms.